The number of carbonyl (C=O) groups excluding carboxylic acids is 1. The highest BCUT2D eigenvalue weighted by molar-refractivity contribution is 5.98. The first-order valence-electron chi connectivity index (χ1n) is 10.3. The predicted molar refractivity (Wildman–Crippen MR) is 123 cm³/mol. The molecule has 0 unspecified atom stereocenters. The smallest absolute Gasteiger partial charge is 0.228 e. The molecule has 5 rings (SSSR count). The van der Waals surface area contributed by atoms with E-state index in [1.165, 1.54) is 0 Å². The predicted octanol–water partition coefficient (Wildman–Crippen LogP) is 3.36. The quantitative estimate of drug-likeness (QED) is 0.508. The lowest BCUT2D eigenvalue weighted by Gasteiger charge is -2.10. The number of nitrogen functional groups attached to an aromatic ring is 1. The van der Waals surface area contributed by atoms with Crippen LogP contribution in [0.4, 0.5) is 11.6 Å². The number of hydrogen-bond acceptors (Lipinski definition) is 7. The minimum atomic E-state index is 0.0225. The number of ether oxygens (including phenoxy) is 1. The molecule has 1 saturated carbocycles. The van der Waals surface area contributed by atoms with Crippen molar-refractivity contribution in [1.82, 2.24) is 24.7 Å². The van der Waals surface area contributed by atoms with Gasteiger partial charge in [-0.3, -0.25) is 9.48 Å². The van der Waals surface area contributed by atoms with Crippen LogP contribution >= 0.6 is 0 Å². The summed E-state index contributed by atoms with van der Waals surface area (Å²) in [6.07, 6.45) is 8.90. The van der Waals surface area contributed by atoms with E-state index < -0.39 is 0 Å². The van der Waals surface area contributed by atoms with Gasteiger partial charge in [0.15, 0.2) is 0 Å². The van der Waals surface area contributed by atoms with Gasteiger partial charge in [-0.2, -0.15) is 5.10 Å². The fourth-order valence-corrected chi connectivity index (χ4v) is 3.21. The zero-order chi connectivity index (χ0) is 22.7. The number of methoxy groups -OCH3 is 1. The second-order valence-electron chi connectivity index (χ2n) is 7.67. The monoisotopic (exact) mass is 431 g/mol. The normalized spacial score (nSPS) is 12.7. The van der Waals surface area contributed by atoms with E-state index >= 15 is 0 Å². The Bertz CT molecular complexity index is 1250. The SMILES string of the molecule is COc1cc(C)c(-c2cc3cc(NC(=O)C4CC4)ncc3c(N)n2)cn1.Cn1cccn1. The Morgan fingerprint density at radius 2 is 2.03 bits per heavy atom. The minimum Gasteiger partial charge on any atom is -0.481 e. The Labute approximate surface area is 185 Å². The number of carbonyl (C=O) groups is 1. The molecule has 0 aliphatic heterocycles. The molecule has 9 nitrogen and oxygen atoms in total. The molecule has 4 aromatic rings. The maximum atomic E-state index is 12.0. The number of fused-ring (bicyclic) bond motifs is 1. The van der Waals surface area contributed by atoms with Gasteiger partial charge in [-0.05, 0) is 48.9 Å². The summed E-state index contributed by atoms with van der Waals surface area (Å²) in [5.41, 5.74) is 8.70. The molecule has 0 spiro atoms. The van der Waals surface area contributed by atoms with Crippen molar-refractivity contribution in [3.63, 3.8) is 0 Å². The fourth-order valence-electron chi connectivity index (χ4n) is 3.21. The van der Waals surface area contributed by atoms with E-state index in [1.54, 1.807) is 30.4 Å². The number of aromatic nitrogens is 5. The highest BCUT2D eigenvalue weighted by Crippen LogP contribution is 2.32. The molecule has 4 heterocycles. The Morgan fingerprint density at radius 1 is 1.22 bits per heavy atom. The van der Waals surface area contributed by atoms with E-state index in [-0.39, 0.29) is 11.8 Å². The van der Waals surface area contributed by atoms with Gasteiger partial charge in [-0.25, -0.2) is 15.0 Å². The molecule has 0 atom stereocenters. The molecule has 1 aliphatic rings. The number of aryl methyl sites for hydroxylation is 2. The third-order valence-electron chi connectivity index (χ3n) is 5.15. The molecule has 4 aromatic heterocycles. The second-order valence-corrected chi connectivity index (χ2v) is 7.67. The third-order valence-corrected chi connectivity index (χ3v) is 5.15. The molecular formula is C23H25N7O2. The summed E-state index contributed by atoms with van der Waals surface area (Å²) < 4.78 is 6.90. The summed E-state index contributed by atoms with van der Waals surface area (Å²) in [6, 6.07) is 7.49. The molecule has 164 valence electrons. The molecule has 1 amide bonds. The lowest BCUT2D eigenvalue weighted by molar-refractivity contribution is -0.117. The van der Waals surface area contributed by atoms with Gasteiger partial charge in [0, 0.05) is 54.8 Å². The Morgan fingerprint density at radius 3 is 2.62 bits per heavy atom. The average Bonchev–Trinajstić information content (AvgIpc) is 3.53. The maximum absolute atomic E-state index is 12.0. The van der Waals surface area contributed by atoms with Crippen molar-refractivity contribution in [3.05, 3.63) is 54.6 Å². The molecule has 3 N–H and O–H groups in total. The molecule has 0 bridgehead atoms. The van der Waals surface area contributed by atoms with Crippen LogP contribution in [0.3, 0.4) is 0 Å². The second kappa shape index (κ2) is 9.01. The number of nitrogens with one attached hydrogen (secondary N) is 1. The van der Waals surface area contributed by atoms with Crippen LogP contribution in [0, 0.1) is 12.8 Å². The Kier molecular flexibility index (Phi) is 5.98. The summed E-state index contributed by atoms with van der Waals surface area (Å²) in [4.78, 5) is 25.0. The summed E-state index contributed by atoms with van der Waals surface area (Å²) in [7, 11) is 3.47. The molecule has 1 aliphatic carbocycles. The highest BCUT2D eigenvalue weighted by atomic mass is 16.5. The van der Waals surface area contributed by atoms with E-state index in [1.807, 2.05) is 44.4 Å². The van der Waals surface area contributed by atoms with Crippen molar-refractivity contribution < 1.29 is 9.53 Å². The molecule has 0 saturated heterocycles. The van der Waals surface area contributed by atoms with Crippen LogP contribution < -0.4 is 15.8 Å². The summed E-state index contributed by atoms with van der Waals surface area (Å²) in [5.74, 6) is 1.61. The van der Waals surface area contributed by atoms with E-state index in [9.17, 15) is 4.79 Å². The van der Waals surface area contributed by atoms with Gasteiger partial charge in [0.1, 0.15) is 11.6 Å². The highest BCUT2D eigenvalue weighted by Gasteiger charge is 2.29. The van der Waals surface area contributed by atoms with E-state index in [0.717, 1.165) is 34.7 Å². The van der Waals surface area contributed by atoms with E-state index in [2.05, 4.69) is 25.4 Å². The lowest BCUT2D eigenvalue weighted by atomic mass is 10.1. The largest absolute Gasteiger partial charge is 0.481 e. The first-order valence-corrected chi connectivity index (χ1v) is 10.3. The van der Waals surface area contributed by atoms with Gasteiger partial charge >= 0.3 is 0 Å². The number of amides is 1. The van der Waals surface area contributed by atoms with Crippen LogP contribution in [0.5, 0.6) is 5.88 Å². The van der Waals surface area contributed by atoms with Crippen LogP contribution in [-0.2, 0) is 11.8 Å². The van der Waals surface area contributed by atoms with Gasteiger partial charge in [0.25, 0.3) is 0 Å². The number of rotatable bonds is 4. The molecular weight excluding hydrogens is 406 g/mol. The lowest BCUT2D eigenvalue weighted by Crippen LogP contribution is -2.14. The van der Waals surface area contributed by atoms with Crippen molar-refractivity contribution in [1.29, 1.82) is 0 Å². The first-order chi connectivity index (χ1) is 15.4. The number of pyridine rings is 3. The molecule has 0 radical (unpaired) electrons. The Balaban J connectivity index is 0.000000354. The van der Waals surface area contributed by atoms with Gasteiger partial charge in [-0.1, -0.05) is 0 Å². The number of anilines is 2. The van der Waals surface area contributed by atoms with E-state index in [4.69, 9.17) is 10.5 Å². The standard InChI is InChI=1S/C19H19N5O2.C4H6N2/c1-10-5-17(26-2)22-8-13(10)15-6-12-7-16(24-19(25)11-3-4-11)21-9-14(12)18(20)23-15;1-6-4-2-3-5-6/h5-9,11H,3-4H2,1-2H3,(H2,20,23)(H,21,24,25);2-4H,1H3. The maximum Gasteiger partial charge on any atom is 0.228 e. The average molecular weight is 432 g/mol. The molecule has 1 fully saturated rings. The third kappa shape index (κ3) is 4.83. The van der Waals surface area contributed by atoms with Crippen LogP contribution in [-0.4, -0.2) is 37.7 Å². The topological polar surface area (TPSA) is 121 Å². The van der Waals surface area contributed by atoms with Crippen molar-refractivity contribution in [3.8, 4) is 17.1 Å². The van der Waals surface area contributed by atoms with Gasteiger partial charge in [-0.15, -0.1) is 0 Å². The van der Waals surface area contributed by atoms with Gasteiger partial charge in [0.2, 0.25) is 11.8 Å². The fraction of sp³-hybridized carbons (Fsp3) is 0.261. The molecule has 9 heteroatoms. The summed E-state index contributed by atoms with van der Waals surface area (Å²) >= 11 is 0. The molecule has 0 aromatic carbocycles. The zero-order valence-corrected chi connectivity index (χ0v) is 18.2. The first kappa shape index (κ1) is 21.2. The Hall–Kier alpha value is -4.01. The number of nitrogens with zero attached hydrogens (tertiary/aromatic N) is 5. The van der Waals surface area contributed by atoms with Crippen molar-refractivity contribution in [2.45, 2.75) is 19.8 Å². The van der Waals surface area contributed by atoms with Crippen molar-refractivity contribution in [2.75, 3.05) is 18.2 Å². The van der Waals surface area contributed by atoms with Crippen LogP contribution in [0.2, 0.25) is 0 Å². The number of hydrogen-bond donors (Lipinski definition) is 2. The summed E-state index contributed by atoms with van der Waals surface area (Å²) in [6.45, 7) is 1.97. The van der Waals surface area contributed by atoms with Gasteiger partial charge in [0.05, 0.1) is 12.8 Å². The van der Waals surface area contributed by atoms with Crippen molar-refractivity contribution >= 4 is 28.3 Å². The van der Waals surface area contributed by atoms with Crippen LogP contribution in [0.25, 0.3) is 22.0 Å². The molecule has 32 heavy (non-hydrogen) atoms. The van der Waals surface area contributed by atoms with Crippen LogP contribution in [0.15, 0.2) is 49.1 Å². The number of nitrogens with two attached hydrogens (primary N) is 1. The van der Waals surface area contributed by atoms with E-state index in [0.29, 0.717) is 23.2 Å². The van der Waals surface area contributed by atoms with Crippen LogP contribution in [0.1, 0.15) is 18.4 Å². The van der Waals surface area contributed by atoms with Gasteiger partial charge < -0.3 is 15.8 Å². The van der Waals surface area contributed by atoms with Crippen molar-refractivity contribution in [2.24, 2.45) is 13.0 Å². The zero-order valence-electron chi connectivity index (χ0n) is 18.2. The summed E-state index contributed by atoms with van der Waals surface area (Å²) in [5, 5.41) is 8.31. The minimum absolute atomic E-state index is 0.0225.